The number of nitrogens with two attached hydrogens (primary N) is 1. The van der Waals surface area contributed by atoms with E-state index in [0.717, 1.165) is 33.3 Å². The van der Waals surface area contributed by atoms with E-state index in [1.807, 2.05) is 25.1 Å². The Morgan fingerprint density at radius 3 is 2.80 bits per heavy atom. The van der Waals surface area contributed by atoms with Crippen LogP contribution in [0, 0.1) is 6.92 Å². The molecule has 0 aliphatic carbocycles. The summed E-state index contributed by atoms with van der Waals surface area (Å²) in [5.74, 6) is 0.726. The van der Waals surface area contributed by atoms with Crippen molar-refractivity contribution >= 4 is 28.2 Å². The van der Waals surface area contributed by atoms with E-state index < -0.39 is 0 Å². The van der Waals surface area contributed by atoms with Gasteiger partial charge in [-0.15, -0.1) is 0 Å². The number of nitrogens with zero attached hydrogens (tertiary/aromatic N) is 1. The van der Waals surface area contributed by atoms with Crippen LogP contribution in [0.15, 0.2) is 30.5 Å². The molecule has 0 radical (unpaired) electrons. The van der Waals surface area contributed by atoms with Gasteiger partial charge in [-0.2, -0.15) is 5.10 Å². The first kappa shape index (κ1) is 12.8. The van der Waals surface area contributed by atoms with E-state index in [1.54, 1.807) is 19.4 Å². The topological polar surface area (TPSA) is 63.9 Å². The zero-order chi connectivity index (χ0) is 14.3. The molecule has 0 fully saturated rings. The van der Waals surface area contributed by atoms with Crippen LogP contribution >= 0.6 is 11.6 Å². The fraction of sp³-hybridized carbons (Fsp3) is 0.133. The average Bonchev–Trinajstić information content (AvgIpc) is 2.88. The Balaban J connectivity index is 2.34. The van der Waals surface area contributed by atoms with Gasteiger partial charge in [-0.25, -0.2) is 0 Å². The van der Waals surface area contributed by atoms with E-state index in [-0.39, 0.29) is 0 Å². The Morgan fingerprint density at radius 1 is 1.30 bits per heavy atom. The third kappa shape index (κ3) is 1.89. The molecular formula is C15H14ClN3O. The lowest BCUT2D eigenvalue weighted by molar-refractivity contribution is 0.415. The van der Waals surface area contributed by atoms with Crippen molar-refractivity contribution in [1.82, 2.24) is 10.2 Å². The van der Waals surface area contributed by atoms with Crippen molar-refractivity contribution in [3.05, 3.63) is 41.0 Å². The van der Waals surface area contributed by atoms with Gasteiger partial charge >= 0.3 is 0 Å². The van der Waals surface area contributed by atoms with Crippen LogP contribution in [0.1, 0.15) is 5.56 Å². The van der Waals surface area contributed by atoms with Gasteiger partial charge < -0.3 is 10.5 Å². The number of nitrogens with one attached hydrogen (secondary N) is 1. The molecule has 20 heavy (non-hydrogen) atoms. The maximum atomic E-state index is 6.38. The van der Waals surface area contributed by atoms with Crippen LogP contribution in [0.2, 0.25) is 5.02 Å². The minimum atomic E-state index is 0.626. The number of halogens is 1. The van der Waals surface area contributed by atoms with Crippen LogP contribution in [0.3, 0.4) is 0 Å². The van der Waals surface area contributed by atoms with E-state index in [0.29, 0.717) is 10.7 Å². The van der Waals surface area contributed by atoms with Gasteiger partial charge in [0.05, 0.1) is 23.8 Å². The second kappa shape index (κ2) is 4.72. The second-order valence-electron chi connectivity index (χ2n) is 4.64. The zero-order valence-electron chi connectivity index (χ0n) is 11.2. The number of benzene rings is 2. The van der Waals surface area contributed by atoms with Crippen LogP contribution in [0.5, 0.6) is 5.75 Å². The molecule has 0 atom stereocenters. The Labute approximate surface area is 121 Å². The summed E-state index contributed by atoms with van der Waals surface area (Å²) in [6.07, 6.45) is 1.79. The van der Waals surface area contributed by atoms with Crippen molar-refractivity contribution in [2.45, 2.75) is 6.92 Å². The summed E-state index contributed by atoms with van der Waals surface area (Å²) in [5.41, 5.74) is 10.6. The molecule has 1 aromatic heterocycles. The highest BCUT2D eigenvalue weighted by molar-refractivity contribution is 6.34. The normalized spacial score (nSPS) is 10.9. The third-order valence-electron chi connectivity index (χ3n) is 3.49. The molecule has 0 saturated heterocycles. The minimum absolute atomic E-state index is 0.626. The van der Waals surface area contributed by atoms with Gasteiger partial charge in [-0.05, 0) is 42.3 Å². The Morgan fingerprint density at radius 2 is 2.10 bits per heavy atom. The maximum absolute atomic E-state index is 6.38. The molecule has 0 aliphatic heterocycles. The van der Waals surface area contributed by atoms with Crippen LogP contribution in [-0.4, -0.2) is 17.3 Å². The number of hydrogen-bond acceptors (Lipinski definition) is 3. The number of nitrogen functional groups attached to an aromatic ring is 1. The largest absolute Gasteiger partial charge is 0.497 e. The highest BCUT2D eigenvalue weighted by atomic mass is 35.5. The Hall–Kier alpha value is -2.20. The molecule has 0 saturated carbocycles. The van der Waals surface area contributed by atoms with Crippen LogP contribution < -0.4 is 10.5 Å². The number of fused-ring (bicyclic) bond motifs is 1. The summed E-state index contributed by atoms with van der Waals surface area (Å²) < 4.78 is 5.18. The van der Waals surface area contributed by atoms with Gasteiger partial charge in [0.15, 0.2) is 0 Å². The van der Waals surface area contributed by atoms with Crippen molar-refractivity contribution in [2.24, 2.45) is 0 Å². The molecule has 0 amide bonds. The summed E-state index contributed by atoms with van der Waals surface area (Å²) in [7, 11) is 1.62. The molecule has 0 spiro atoms. The van der Waals surface area contributed by atoms with Crippen molar-refractivity contribution in [1.29, 1.82) is 0 Å². The van der Waals surface area contributed by atoms with Crippen molar-refractivity contribution in [2.75, 3.05) is 12.8 Å². The van der Waals surface area contributed by atoms with Crippen molar-refractivity contribution in [3.63, 3.8) is 0 Å². The lowest BCUT2D eigenvalue weighted by atomic mass is 9.95. The fourth-order valence-corrected chi connectivity index (χ4v) is 2.65. The van der Waals surface area contributed by atoms with Gasteiger partial charge in [0.25, 0.3) is 0 Å². The van der Waals surface area contributed by atoms with Gasteiger partial charge in [0.2, 0.25) is 0 Å². The third-order valence-corrected chi connectivity index (χ3v) is 3.80. The molecule has 1 heterocycles. The van der Waals surface area contributed by atoms with Crippen LogP contribution in [0.4, 0.5) is 5.69 Å². The summed E-state index contributed by atoms with van der Waals surface area (Å²) >= 11 is 6.38. The zero-order valence-corrected chi connectivity index (χ0v) is 12.0. The minimum Gasteiger partial charge on any atom is -0.497 e. The van der Waals surface area contributed by atoms with Gasteiger partial charge in [0.1, 0.15) is 5.75 Å². The quantitative estimate of drug-likeness (QED) is 0.705. The highest BCUT2D eigenvalue weighted by Gasteiger charge is 2.15. The van der Waals surface area contributed by atoms with E-state index in [4.69, 9.17) is 22.1 Å². The Kier molecular flexibility index (Phi) is 3.03. The molecule has 4 nitrogen and oxygen atoms in total. The summed E-state index contributed by atoms with van der Waals surface area (Å²) in [6, 6.07) is 7.51. The van der Waals surface area contributed by atoms with E-state index >= 15 is 0 Å². The SMILES string of the molecule is COc1ccc(-c2c(C)c(N)cc3[nH]ncc23)c(Cl)c1. The van der Waals surface area contributed by atoms with Crippen molar-refractivity contribution < 1.29 is 4.74 Å². The molecule has 3 N–H and O–H groups in total. The first-order valence-electron chi connectivity index (χ1n) is 6.18. The number of aromatic amines is 1. The highest BCUT2D eigenvalue weighted by Crippen LogP contribution is 2.39. The van der Waals surface area contributed by atoms with E-state index in [1.165, 1.54) is 0 Å². The second-order valence-corrected chi connectivity index (χ2v) is 5.05. The maximum Gasteiger partial charge on any atom is 0.120 e. The predicted molar refractivity (Wildman–Crippen MR) is 82.2 cm³/mol. The van der Waals surface area contributed by atoms with Gasteiger partial charge in [-0.3, -0.25) is 5.10 Å². The molecule has 5 heteroatoms. The average molecular weight is 288 g/mol. The number of rotatable bonds is 2. The number of anilines is 1. The number of ether oxygens (including phenoxy) is 1. The number of H-pyrrole nitrogens is 1. The summed E-state index contributed by atoms with van der Waals surface area (Å²) in [6.45, 7) is 1.98. The Bertz CT molecular complexity index is 795. The molecule has 3 aromatic rings. The summed E-state index contributed by atoms with van der Waals surface area (Å²) in [4.78, 5) is 0. The predicted octanol–water partition coefficient (Wildman–Crippen LogP) is 3.78. The molecule has 0 unspecified atom stereocenters. The molecular weight excluding hydrogens is 274 g/mol. The first-order valence-corrected chi connectivity index (χ1v) is 6.55. The van der Waals surface area contributed by atoms with E-state index in [2.05, 4.69) is 10.2 Å². The van der Waals surface area contributed by atoms with Gasteiger partial charge in [0, 0.05) is 16.6 Å². The number of hydrogen-bond donors (Lipinski definition) is 2. The standard InChI is InChI=1S/C15H14ClN3O/c1-8-13(17)6-14-11(7-18-19-14)15(8)10-4-3-9(20-2)5-12(10)16/h3-7H,17H2,1-2H3,(H,18,19). The molecule has 3 rings (SSSR count). The monoisotopic (exact) mass is 287 g/mol. The van der Waals surface area contributed by atoms with Gasteiger partial charge in [-0.1, -0.05) is 11.6 Å². The van der Waals surface area contributed by atoms with Crippen LogP contribution in [0.25, 0.3) is 22.0 Å². The molecule has 0 bridgehead atoms. The number of methoxy groups -OCH3 is 1. The smallest absolute Gasteiger partial charge is 0.120 e. The fourth-order valence-electron chi connectivity index (χ4n) is 2.39. The van der Waals surface area contributed by atoms with Crippen molar-refractivity contribution in [3.8, 4) is 16.9 Å². The first-order chi connectivity index (χ1) is 9.61. The molecule has 102 valence electrons. The summed E-state index contributed by atoms with van der Waals surface area (Å²) in [5, 5.41) is 8.66. The number of aromatic nitrogens is 2. The molecule has 2 aromatic carbocycles. The lowest BCUT2D eigenvalue weighted by Crippen LogP contribution is -1.94. The molecule has 0 aliphatic rings. The lowest BCUT2D eigenvalue weighted by Gasteiger charge is -2.13. The van der Waals surface area contributed by atoms with Crippen LogP contribution in [-0.2, 0) is 0 Å². The van der Waals surface area contributed by atoms with E-state index in [9.17, 15) is 0 Å².